The zero-order valence-electron chi connectivity index (χ0n) is 6.34. The summed E-state index contributed by atoms with van der Waals surface area (Å²) in [5.41, 5.74) is 0.0678. The van der Waals surface area contributed by atoms with Gasteiger partial charge in [0.05, 0.1) is 6.21 Å². The Morgan fingerprint density at radius 3 is 2.92 bits per heavy atom. The largest absolute Gasteiger partial charge is 0.399 e. The Kier molecular flexibility index (Phi) is 2.74. The van der Waals surface area contributed by atoms with Crippen molar-refractivity contribution in [2.75, 3.05) is 7.11 Å². The highest BCUT2D eigenvalue weighted by molar-refractivity contribution is 5.78. The van der Waals surface area contributed by atoms with Crippen LogP contribution in [0.2, 0.25) is 0 Å². The SMILES string of the molecule is CON=Cc1[c]cc(F)cc1F. The highest BCUT2D eigenvalue weighted by Crippen LogP contribution is 2.06. The number of rotatable bonds is 2. The standard InChI is InChI=1S/C8H6F2NO/c1-12-11-5-6-2-3-7(9)4-8(6)10/h3-5H,1H3. The van der Waals surface area contributed by atoms with Crippen LogP contribution in [0.15, 0.2) is 17.3 Å². The Morgan fingerprint density at radius 2 is 2.33 bits per heavy atom. The van der Waals surface area contributed by atoms with Gasteiger partial charge in [-0.2, -0.15) is 0 Å². The van der Waals surface area contributed by atoms with E-state index in [1.54, 1.807) is 0 Å². The molecule has 0 heterocycles. The predicted octanol–water partition coefficient (Wildman–Crippen LogP) is 1.75. The second-order valence-corrected chi connectivity index (χ2v) is 2.00. The van der Waals surface area contributed by atoms with Gasteiger partial charge in [0.15, 0.2) is 0 Å². The van der Waals surface area contributed by atoms with Crippen LogP contribution in [-0.4, -0.2) is 13.3 Å². The first kappa shape index (κ1) is 8.64. The Labute approximate surface area is 68.5 Å². The van der Waals surface area contributed by atoms with Gasteiger partial charge >= 0.3 is 0 Å². The Morgan fingerprint density at radius 1 is 1.58 bits per heavy atom. The van der Waals surface area contributed by atoms with Gasteiger partial charge in [-0.05, 0) is 12.1 Å². The molecule has 0 fully saturated rings. The van der Waals surface area contributed by atoms with Gasteiger partial charge in [-0.25, -0.2) is 8.78 Å². The average molecular weight is 170 g/mol. The summed E-state index contributed by atoms with van der Waals surface area (Å²) in [7, 11) is 1.33. The van der Waals surface area contributed by atoms with Crippen molar-refractivity contribution < 1.29 is 13.6 Å². The van der Waals surface area contributed by atoms with E-state index in [9.17, 15) is 8.78 Å². The molecule has 0 saturated carbocycles. The zero-order valence-corrected chi connectivity index (χ0v) is 6.34. The lowest BCUT2D eigenvalue weighted by molar-refractivity contribution is 0.215. The molecule has 12 heavy (non-hydrogen) atoms. The first-order valence-corrected chi connectivity index (χ1v) is 3.17. The Hall–Kier alpha value is -1.45. The summed E-state index contributed by atoms with van der Waals surface area (Å²) in [6.45, 7) is 0. The molecule has 63 valence electrons. The average Bonchev–Trinajstić information content (AvgIpc) is 2.03. The maximum atomic E-state index is 12.8. The number of benzene rings is 1. The van der Waals surface area contributed by atoms with Crippen molar-refractivity contribution in [3.8, 4) is 0 Å². The van der Waals surface area contributed by atoms with Gasteiger partial charge in [0.2, 0.25) is 0 Å². The lowest BCUT2D eigenvalue weighted by atomic mass is 10.2. The van der Waals surface area contributed by atoms with Crippen LogP contribution in [0.5, 0.6) is 0 Å². The topological polar surface area (TPSA) is 21.6 Å². The molecule has 1 rings (SSSR count). The van der Waals surface area contributed by atoms with Crippen LogP contribution in [0.1, 0.15) is 5.56 Å². The molecule has 1 aromatic rings. The lowest BCUT2D eigenvalue weighted by Crippen LogP contribution is -1.90. The summed E-state index contributed by atoms with van der Waals surface area (Å²) in [6.07, 6.45) is 1.12. The summed E-state index contributed by atoms with van der Waals surface area (Å²) in [5, 5.41) is 3.31. The van der Waals surface area contributed by atoms with Crippen molar-refractivity contribution in [2.24, 2.45) is 5.16 Å². The van der Waals surface area contributed by atoms with E-state index in [4.69, 9.17) is 0 Å². The molecule has 0 unspecified atom stereocenters. The van der Waals surface area contributed by atoms with Gasteiger partial charge in [0, 0.05) is 11.6 Å². The highest BCUT2D eigenvalue weighted by atomic mass is 19.1. The number of hydrogen-bond acceptors (Lipinski definition) is 2. The van der Waals surface area contributed by atoms with Gasteiger partial charge in [-0.1, -0.05) is 5.16 Å². The molecule has 4 heteroatoms. The first-order valence-electron chi connectivity index (χ1n) is 3.17. The van der Waals surface area contributed by atoms with Gasteiger partial charge in [0.1, 0.15) is 18.7 Å². The van der Waals surface area contributed by atoms with Crippen molar-refractivity contribution in [1.29, 1.82) is 0 Å². The molecule has 0 atom stereocenters. The van der Waals surface area contributed by atoms with Gasteiger partial charge in [0.25, 0.3) is 0 Å². The van der Waals surface area contributed by atoms with Crippen LogP contribution < -0.4 is 0 Å². The molecule has 1 aromatic carbocycles. The molecule has 2 nitrogen and oxygen atoms in total. The fourth-order valence-corrected chi connectivity index (χ4v) is 0.660. The van der Waals surface area contributed by atoms with E-state index in [2.05, 4.69) is 16.1 Å². The summed E-state index contributed by atoms with van der Waals surface area (Å²) in [5.74, 6) is -1.38. The monoisotopic (exact) mass is 170 g/mol. The first-order chi connectivity index (χ1) is 5.74. The van der Waals surface area contributed by atoms with Crippen molar-refractivity contribution >= 4 is 6.21 Å². The summed E-state index contributed by atoms with van der Waals surface area (Å²) in [4.78, 5) is 4.32. The Balaban J connectivity index is 2.94. The van der Waals surface area contributed by atoms with Gasteiger partial charge in [-0.15, -0.1) is 0 Å². The van der Waals surface area contributed by atoms with Crippen LogP contribution in [0, 0.1) is 17.7 Å². The van der Waals surface area contributed by atoms with E-state index in [-0.39, 0.29) is 5.56 Å². The number of oxime groups is 1. The van der Waals surface area contributed by atoms with E-state index in [1.165, 1.54) is 7.11 Å². The molecule has 1 radical (unpaired) electrons. The van der Waals surface area contributed by atoms with Crippen molar-refractivity contribution in [3.05, 3.63) is 35.4 Å². The molecule has 0 aliphatic carbocycles. The van der Waals surface area contributed by atoms with E-state index < -0.39 is 11.6 Å². The third kappa shape index (κ3) is 2.02. The number of nitrogens with zero attached hydrogens (tertiary/aromatic N) is 1. The third-order valence-corrected chi connectivity index (χ3v) is 1.17. The second-order valence-electron chi connectivity index (χ2n) is 2.00. The molecule has 0 amide bonds. The third-order valence-electron chi connectivity index (χ3n) is 1.17. The normalized spacial score (nSPS) is 10.6. The summed E-state index contributed by atoms with van der Waals surface area (Å²) < 4.78 is 25.1. The van der Waals surface area contributed by atoms with E-state index in [1.807, 2.05) is 0 Å². The van der Waals surface area contributed by atoms with E-state index in [0.717, 1.165) is 18.3 Å². The molecule has 0 aromatic heterocycles. The van der Waals surface area contributed by atoms with Crippen LogP contribution in [0.4, 0.5) is 8.78 Å². The molecule has 0 saturated heterocycles. The van der Waals surface area contributed by atoms with Crippen LogP contribution in [-0.2, 0) is 4.84 Å². The zero-order chi connectivity index (χ0) is 8.97. The molecular formula is C8H6F2NO. The summed E-state index contributed by atoms with van der Waals surface area (Å²) in [6, 6.07) is 4.15. The lowest BCUT2D eigenvalue weighted by Gasteiger charge is -1.94. The molecule has 0 bridgehead atoms. The van der Waals surface area contributed by atoms with Gasteiger partial charge in [-0.3, -0.25) is 0 Å². The number of hydrogen-bond donors (Lipinski definition) is 0. The highest BCUT2D eigenvalue weighted by Gasteiger charge is 2.00. The minimum atomic E-state index is -0.712. The van der Waals surface area contributed by atoms with Crippen LogP contribution in [0.25, 0.3) is 0 Å². The Bertz CT molecular complexity index is 299. The molecule has 0 N–H and O–H groups in total. The summed E-state index contributed by atoms with van der Waals surface area (Å²) >= 11 is 0. The quantitative estimate of drug-likeness (QED) is 0.489. The molecule has 0 aliphatic rings. The smallest absolute Gasteiger partial charge is 0.135 e. The van der Waals surface area contributed by atoms with Gasteiger partial charge < -0.3 is 4.84 Å². The maximum absolute atomic E-state index is 12.8. The minimum absolute atomic E-state index is 0.0678. The number of halogens is 2. The van der Waals surface area contributed by atoms with Crippen molar-refractivity contribution in [1.82, 2.24) is 0 Å². The van der Waals surface area contributed by atoms with Crippen molar-refractivity contribution in [2.45, 2.75) is 0 Å². The molecular weight excluding hydrogens is 164 g/mol. The maximum Gasteiger partial charge on any atom is 0.135 e. The molecule has 0 aliphatic heterocycles. The predicted molar refractivity (Wildman–Crippen MR) is 39.8 cm³/mol. The second kappa shape index (κ2) is 3.80. The van der Waals surface area contributed by atoms with Crippen LogP contribution >= 0.6 is 0 Å². The van der Waals surface area contributed by atoms with E-state index in [0.29, 0.717) is 0 Å². The fraction of sp³-hybridized carbons (Fsp3) is 0.125. The van der Waals surface area contributed by atoms with E-state index >= 15 is 0 Å². The van der Waals surface area contributed by atoms with Crippen LogP contribution in [0.3, 0.4) is 0 Å². The van der Waals surface area contributed by atoms with Crippen molar-refractivity contribution in [3.63, 3.8) is 0 Å². The fourth-order valence-electron chi connectivity index (χ4n) is 0.660. The minimum Gasteiger partial charge on any atom is -0.399 e. The molecule has 0 spiro atoms.